The number of unbranched alkanes of at least 4 members (excludes halogenated alkanes) is 1. The van der Waals surface area contributed by atoms with Crippen molar-refractivity contribution in [2.24, 2.45) is 0 Å². The van der Waals surface area contributed by atoms with Crippen LogP contribution in [0.1, 0.15) is 45.2 Å². The summed E-state index contributed by atoms with van der Waals surface area (Å²) in [5.74, 6) is 0. The first-order valence-corrected chi connectivity index (χ1v) is 8.85. The summed E-state index contributed by atoms with van der Waals surface area (Å²) in [6, 6.07) is 0.351. The average Bonchev–Trinajstić information content (AvgIpc) is 2.85. The van der Waals surface area contributed by atoms with Crippen LogP contribution in [0, 0.1) is 6.92 Å². The summed E-state index contributed by atoms with van der Waals surface area (Å²) in [5, 5.41) is 0. The summed E-state index contributed by atoms with van der Waals surface area (Å²) in [7, 11) is 2.10. The second-order valence-electron chi connectivity index (χ2n) is 6.23. The third-order valence-electron chi connectivity index (χ3n) is 4.04. The molecule has 0 radical (unpaired) electrons. The molecule has 0 bridgehead atoms. The zero-order valence-electron chi connectivity index (χ0n) is 15.3. The van der Waals surface area contributed by atoms with E-state index in [1.807, 2.05) is 6.92 Å². The van der Waals surface area contributed by atoms with Crippen molar-refractivity contribution in [3.8, 4) is 6.01 Å². The van der Waals surface area contributed by atoms with Crippen LogP contribution in [0.2, 0.25) is 0 Å². The largest absolute Gasteiger partial charge is 0.463 e. The Morgan fingerprint density at radius 1 is 1.17 bits per heavy atom. The molecule has 2 aromatic heterocycles. The molecular formula is C17H29N5O2. The van der Waals surface area contributed by atoms with Gasteiger partial charge in [0.15, 0.2) is 5.65 Å². The van der Waals surface area contributed by atoms with Gasteiger partial charge in [-0.2, -0.15) is 9.97 Å². The lowest BCUT2D eigenvalue weighted by Gasteiger charge is -2.15. The topological polar surface area (TPSA) is 76.0 Å². The number of imidazole rings is 1. The highest BCUT2D eigenvalue weighted by molar-refractivity contribution is 5.73. The molecule has 0 saturated carbocycles. The minimum Gasteiger partial charge on any atom is -0.463 e. The number of nitrogens with zero attached hydrogens (tertiary/aromatic N) is 4. The molecule has 0 fully saturated rings. The van der Waals surface area contributed by atoms with E-state index in [9.17, 15) is 4.79 Å². The van der Waals surface area contributed by atoms with Crippen molar-refractivity contribution in [1.29, 1.82) is 0 Å². The lowest BCUT2D eigenvalue weighted by Crippen LogP contribution is -2.24. The molecule has 0 aliphatic rings. The second-order valence-corrected chi connectivity index (χ2v) is 6.23. The highest BCUT2D eigenvalue weighted by Crippen LogP contribution is 2.15. The summed E-state index contributed by atoms with van der Waals surface area (Å²) >= 11 is 0. The normalized spacial score (nSPS) is 11.5. The number of ether oxygens (including phenoxy) is 1. The Hall–Kier alpha value is -1.89. The van der Waals surface area contributed by atoms with Crippen molar-refractivity contribution in [2.75, 3.05) is 26.7 Å². The van der Waals surface area contributed by atoms with Crippen molar-refractivity contribution in [2.45, 2.75) is 53.0 Å². The maximum atomic E-state index is 12.2. The van der Waals surface area contributed by atoms with E-state index in [0.29, 0.717) is 30.3 Å². The first-order valence-electron chi connectivity index (χ1n) is 8.85. The highest BCUT2D eigenvalue weighted by Gasteiger charge is 2.14. The number of aromatic nitrogens is 4. The molecular weight excluding hydrogens is 306 g/mol. The van der Waals surface area contributed by atoms with E-state index in [0.717, 1.165) is 44.5 Å². The van der Waals surface area contributed by atoms with E-state index in [1.54, 1.807) is 4.57 Å². The minimum atomic E-state index is -0.133. The Labute approximate surface area is 143 Å². The van der Waals surface area contributed by atoms with Crippen LogP contribution >= 0.6 is 0 Å². The van der Waals surface area contributed by atoms with Crippen LogP contribution in [-0.4, -0.2) is 51.2 Å². The third-order valence-corrected chi connectivity index (χ3v) is 4.04. The standard InChI is InChI=1S/C17H29N5O2/c1-5-7-12-24-16-18-13(3)14-15(20-16)22(17(23)19-14)11-8-10-21(4)9-6-2/h5-12H2,1-4H3,(H,19,23). The van der Waals surface area contributed by atoms with E-state index in [1.165, 1.54) is 0 Å². The number of aryl methyl sites for hydroxylation is 2. The van der Waals surface area contributed by atoms with Gasteiger partial charge in [0.2, 0.25) is 0 Å². The molecule has 134 valence electrons. The monoisotopic (exact) mass is 335 g/mol. The highest BCUT2D eigenvalue weighted by atomic mass is 16.5. The maximum Gasteiger partial charge on any atom is 0.327 e. The van der Waals surface area contributed by atoms with Gasteiger partial charge in [-0.1, -0.05) is 20.3 Å². The van der Waals surface area contributed by atoms with Crippen molar-refractivity contribution in [3.05, 3.63) is 16.2 Å². The first-order chi connectivity index (χ1) is 11.6. The lowest BCUT2D eigenvalue weighted by molar-refractivity contribution is 0.285. The predicted molar refractivity (Wildman–Crippen MR) is 95.7 cm³/mol. The Morgan fingerprint density at radius 2 is 1.96 bits per heavy atom. The smallest absolute Gasteiger partial charge is 0.327 e. The van der Waals surface area contributed by atoms with Crippen LogP contribution in [0.15, 0.2) is 4.79 Å². The molecule has 0 unspecified atom stereocenters. The number of fused-ring (bicyclic) bond motifs is 1. The third kappa shape index (κ3) is 4.56. The molecule has 2 rings (SSSR count). The number of hydrogen-bond donors (Lipinski definition) is 1. The average molecular weight is 335 g/mol. The molecule has 2 aromatic rings. The molecule has 7 nitrogen and oxygen atoms in total. The van der Waals surface area contributed by atoms with Gasteiger partial charge in [0, 0.05) is 6.54 Å². The van der Waals surface area contributed by atoms with Crippen molar-refractivity contribution in [3.63, 3.8) is 0 Å². The van der Waals surface area contributed by atoms with E-state index in [4.69, 9.17) is 4.74 Å². The number of aromatic amines is 1. The van der Waals surface area contributed by atoms with Gasteiger partial charge >= 0.3 is 11.7 Å². The fourth-order valence-corrected chi connectivity index (χ4v) is 2.72. The lowest BCUT2D eigenvalue weighted by atomic mass is 10.3. The molecule has 7 heteroatoms. The Bertz CT molecular complexity index is 707. The van der Waals surface area contributed by atoms with Crippen LogP contribution < -0.4 is 10.4 Å². The molecule has 0 aliphatic heterocycles. The second kappa shape index (κ2) is 8.82. The van der Waals surface area contributed by atoms with Crippen LogP contribution in [-0.2, 0) is 6.54 Å². The van der Waals surface area contributed by atoms with Crippen LogP contribution in [0.5, 0.6) is 6.01 Å². The van der Waals surface area contributed by atoms with Gasteiger partial charge in [0.1, 0.15) is 5.52 Å². The molecule has 1 N–H and O–H groups in total. The van der Waals surface area contributed by atoms with Crippen molar-refractivity contribution in [1.82, 2.24) is 24.4 Å². The van der Waals surface area contributed by atoms with Gasteiger partial charge in [-0.05, 0) is 46.3 Å². The Balaban J connectivity index is 2.16. The maximum absolute atomic E-state index is 12.2. The summed E-state index contributed by atoms with van der Waals surface area (Å²) in [6.07, 6.45) is 4.05. The zero-order valence-corrected chi connectivity index (χ0v) is 15.3. The SMILES string of the molecule is CCCCOc1nc(C)c2[nH]c(=O)n(CCCN(C)CCC)c2n1. The number of rotatable bonds is 10. The Morgan fingerprint density at radius 3 is 2.67 bits per heavy atom. The molecule has 0 amide bonds. The first kappa shape index (κ1) is 18.4. The van der Waals surface area contributed by atoms with Crippen LogP contribution in [0.25, 0.3) is 11.2 Å². The number of nitrogens with one attached hydrogen (secondary N) is 1. The Kier molecular flexibility index (Phi) is 6.78. The zero-order chi connectivity index (χ0) is 17.5. The molecule has 0 aromatic carbocycles. The predicted octanol–water partition coefficient (Wildman–Crippen LogP) is 2.34. The van der Waals surface area contributed by atoms with Gasteiger partial charge in [0.25, 0.3) is 0 Å². The van der Waals surface area contributed by atoms with E-state index in [-0.39, 0.29) is 5.69 Å². The molecule has 0 aliphatic carbocycles. The molecule has 24 heavy (non-hydrogen) atoms. The molecule has 2 heterocycles. The van der Waals surface area contributed by atoms with Crippen molar-refractivity contribution >= 4 is 11.2 Å². The van der Waals surface area contributed by atoms with Gasteiger partial charge in [0.05, 0.1) is 12.3 Å². The quantitative estimate of drug-likeness (QED) is 0.675. The van der Waals surface area contributed by atoms with Crippen LogP contribution in [0.3, 0.4) is 0 Å². The van der Waals surface area contributed by atoms with E-state index < -0.39 is 0 Å². The van der Waals surface area contributed by atoms with Gasteiger partial charge in [-0.15, -0.1) is 0 Å². The summed E-state index contributed by atoms with van der Waals surface area (Å²) in [6.45, 7) is 9.40. The summed E-state index contributed by atoms with van der Waals surface area (Å²) in [4.78, 5) is 26.2. The van der Waals surface area contributed by atoms with Crippen molar-refractivity contribution < 1.29 is 4.74 Å². The molecule has 0 saturated heterocycles. The van der Waals surface area contributed by atoms with Crippen LogP contribution in [0.4, 0.5) is 0 Å². The molecule has 0 atom stereocenters. The van der Waals surface area contributed by atoms with Gasteiger partial charge in [-0.3, -0.25) is 4.57 Å². The van der Waals surface area contributed by atoms with E-state index in [2.05, 4.69) is 40.7 Å². The number of H-pyrrole nitrogens is 1. The summed E-state index contributed by atoms with van der Waals surface area (Å²) < 4.78 is 7.31. The van der Waals surface area contributed by atoms with Gasteiger partial charge < -0.3 is 14.6 Å². The summed E-state index contributed by atoms with van der Waals surface area (Å²) in [5.41, 5.74) is 1.94. The fourth-order valence-electron chi connectivity index (χ4n) is 2.72. The van der Waals surface area contributed by atoms with Gasteiger partial charge in [-0.25, -0.2) is 4.79 Å². The number of hydrogen-bond acceptors (Lipinski definition) is 5. The fraction of sp³-hybridized carbons (Fsp3) is 0.706. The van der Waals surface area contributed by atoms with E-state index >= 15 is 0 Å². The minimum absolute atomic E-state index is 0.133. The molecule has 0 spiro atoms.